The number of hydrogen-bond donors (Lipinski definition) is 0. The first kappa shape index (κ1) is 13.6. The molecule has 3 fully saturated rings. The Balaban J connectivity index is 1.46. The largest absolute Gasteiger partial charge is 0.300 e. The topological polar surface area (TPSA) is 23.6 Å². The lowest BCUT2D eigenvalue weighted by atomic mass is 9.79. The molecule has 3 nitrogen and oxygen atoms in total. The van der Waals surface area contributed by atoms with E-state index in [4.69, 9.17) is 0 Å². The fraction of sp³-hybridized carbons (Fsp3) is 0.938. The fourth-order valence-corrected chi connectivity index (χ4v) is 3.81. The van der Waals surface area contributed by atoms with Crippen molar-refractivity contribution in [2.75, 3.05) is 32.7 Å². The number of nitrogens with zero attached hydrogens (tertiary/aromatic N) is 2. The molecule has 0 bridgehead atoms. The van der Waals surface area contributed by atoms with E-state index in [1.165, 1.54) is 45.4 Å². The van der Waals surface area contributed by atoms with Gasteiger partial charge in [-0.15, -0.1) is 0 Å². The van der Waals surface area contributed by atoms with Gasteiger partial charge in [0.25, 0.3) is 0 Å². The molecule has 0 aromatic heterocycles. The Labute approximate surface area is 117 Å². The van der Waals surface area contributed by atoms with Gasteiger partial charge in [0.15, 0.2) is 0 Å². The lowest BCUT2D eigenvalue weighted by Crippen LogP contribution is -2.49. The van der Waals surface area contributed by atoms with E-state index in [-0.39, 0.29) is 0 Å². The molecule has 0 amide bonds. The minimum Gasteiger partial charge on any atom is -0.300 e. The van der Waals surface area contributed by atoms with Crippen molar-refractivity contribution in [1.29, 1.82) is 0 Å². The van der Waals surface area contributed by atoms with Crippen LogP contribution in [-0.2, 0) is 4.79 Å². The van der Waals surface area contributed by atoms with Crippen molar-refractivity contribution in [3.8, 4) is 0 Å². The van der Waals surface area contributed by atoms with E-state index < -0.39 is 0 Å². The maximum atomic E-state index is 12.1. The fourth-order valence-electron chi connectivity index (χ4n) is 3.81. The SMILES string of the molecule is CCC1CCC(=O)C(CN2CCN(C3CC3)CC2)C1. The Morgan fingerprint density at radius 1 is 1.11 bits per heavy atom. The standard InChI is InChI=1S/C16H28N2O/c1-2-13-3-6-16(19)14(11-13)12-17-7-9-18(10-8-17)15-4-5-15/h13-15H,2-12H2,1H3. The van der Waals surface area contributed by atoms with E-state index in [1.54, 1.807) is 0 Å². The van der Waals surface area contributed by atoms with Crippen LogP contribution in [0.25, 0.3) is 0 Å². The maximum Gasteiger partial charge on any atom is 0.137 e. The summed E-state index contributed by atoms with van der Waals surface area (Å²) in [5.41, 5.74) is 0. The molecule has 0 radical (unpaired) electrons. The summed E-state index contributed by atoms with van der Waals surface area (Å²) in [5, 5.41) is 0. The smallest absolute Gasteiger partial charge is 0.137 e. The van der Waals surface area contributed by atoms with Gasteiger partial charge >= 0.3 is 0 Å². The molecule has 19 heavy (non-hydrogen) atoms. The Hall–Kier alpha value is -0.410. The van der Waals surface area contributed by atoms with Crippen LogP contribution in [0.1, 0.15) is 45.4 Å². The molecular formula is C16H28N2O. The van der Waals surface area contributed by atoms with Crippen LogP contribution in [0.3, 0.4) is 0 Å². The Morgan fingerprint density at radius 3 is 2.47 bits per heavy atom. The third-order valence-corrected chi connectivity index (χ3v) is 5.40. The molecule has 3 aliphatic rings. The summed E-state index contributed by atoms with van der Waals surface area (Å²) < 4.78 is 0. The molecule has 0 spiro atoms. The van der Waals surface area contributed by atoms with Gasteiger partial charge in [-0.05, 0) is 31.6 Å². The second-order valence-electron chi connectivity index (χ2n) is 6.78. The van der Waals surface area contributed by atoms with Gasteiger partial charge in [-0.1, -0.05) is 13.3 Å². The van der Waals surface area contributed by atoms with Gasteiger partial charge in [-0.2, -0.15) is 0 Å². The van der Waals surface area contributed by atoms with Crippen molar-refractivity contribution in [1.82, 2.24) is 9.80 Å². The molecule has 2 aliphatic carbocycles. The van der Waals surface area contributed by atoms with Gasteiger partial charge in [-0.25, -0.2) is 0 Å². The summed E-state index contributed by atoms with van der Waals surface area (Å²) in [5.74, 6) is 1.68. The molecule has 108 valence electrons. The maximum absolute atomic E-state index is 12.1. The lowest BCUT2D eigenvalue weighted by molar-refractivity contribution is -0.126. The van der Waals surface area contributed by atoms with Gasteiger partial charge in [-0.3, -0.25) is 9.69 Å². The lowest BCUT2D eigenvalue weighted by Gasteiger charge is -2.38. The summed E-state index contributed by atoms with van der Waals surface area (Å²) in [6, 6.07) is 0.905. The minimum atomic E-state index is 0.339. The molecular weight excluding hydrogens is 236 g/mol. The minimum absolute atomic E-state index is 0.339. The second kappa shape index (κ2) is 5.92. The van der Waals surface area contributed by atoms with E-state index in [0.717, 1.165) is 37.8 Å². The highest BCUT2D eigenvalue weighted by molar-refractivity contribution is 5.81. The first-order chi connectivity index (χ1) is 9.26. The number of ketones is 1. The number of piperazine rings is 1. The van der Waals surface area contributed by atoms with Crippen LogP contribution >= 0.6 is 0 Å². The monoisotopic (exact) mass is 264 g/mol. The van der Waals surface area contributed by atoms with Gasteiger partial charge in [0.05, 0.1) is 0 Å². The average molecular weight is 264 g/mol. The van der Waals surface area contributed by atoms with Gasteiger partial charge in [0.1, 0.15) is 5.78 Å². The molecule has 2 saturated carbocycles. The van der Waals surface area contributed by atoms with Gasteiger partial charge in [0.2, 0.25) is 0 Å². The van der Waals surface area contributed by atoms with Crippen LogP contribution in [0, 0.1) is 11.8 Å². The van der Waals surface area contributed by atoms with Crippen LogP contribution in [0.2, 0.25) is 0 Å². The highest BCUT2D eigenvalue weighted by Gasteiger charge is 2.33. The molecule has 3 heteroatoms. The molecule has 2 atom stereocenters. The van der Waals surface area contributed by atoms with Gasteiger partial charge in [0, 0.05) is 51.1 Å². The predicted octanol–water partition coefficient (Wildman–Crippen LogP) is 2.16. The van der Waals surface area contributed by atoms with Crippen LogP contribution in [-0.4, -0.2) is 54.3 Å². The molecule has 0 aromatic rings. The number of rotatable bonds is 4. The normalized spacial score (nSPS) is 34.7. The van der Waals surface area contributed by atoms with Crippen molar-refractivity contribution in [2.45, 2.75) is 51.5 Å². The van der Waals surface area contributed by atoms with E-state index in [0.29, 0.717) is 11.7 Å². The van der Waals surface area contributed by atoms with Crippen molar-refractivity contribution in [2.24, 2.45) is 11.8 Å². The van der Waals surface area contributed by atoms with Crippen molar-refractivity contribution >= 4 is 5.78 Å². The highest BCUT2D eigenvalue weighted by Crippen LogP contribution is 2.30. The van der Waals surface area contributed by atoms with Crippen LogP contribution in [0.4, 0.5) is 0 Å². The molecule has 1 heterocycles. The zero-order chi connectivity index (χ0) is 13.2. The molecule has 1 aliphatic heterocycles. The van der Waals surface area contributed by atoms with E-state index in [2.05, 4.69) is 16.7 Å². The van der Waals surface area contributed by atoms with Crippen LogP contribution in [0.5, 0.6) is 0 Å². The Morgan fingerprint density at radius 2 is 1.84 bits per heavy atom. The number of hydrogen-bond acceptors (Lipinski definition) is 3. The number of carbonyl (C=O) groups excluding carboxylic acids is 1. The van der Waals surface area contributed by atoms with Gasteiger partial charge < -0.3 is 4.90 Å². The van der Waals surface area contributed by atoms with E-state index in [9.17, 15) is 4.79 Å². The molecule has 3 rings (SSSR count). The summed E-state index contributed by atoms with van der Waals surface area (Å²) in [4.78, 5) is 17.3. The number of carbonyl (C=O) groups is 1. The zero-order valence-electron chi connectivity index (χ0n) is 12.3. The quantitative estimate of drug-likeness (QED) is 0.777. The van der Waals surface area contributed by atoms with E-state index >= 15 is 0 Å². The van der Waals surface area contributed by atoms with Crippen molar-refractivity contribution in [3.63, 3.8) is 0 Å². The van der Waals surface area contributed by atoms with E-state index in [1.807, 2.05) is 0 Å². The summed E-state index contributed by atoms with van der Waals surface area (Å²) >= 11 is 0. The summed E-state index contributed by atoms with van der Waals surface area (Å²) in [6.45, 7) is 8.11. The first-order valence-corrected chi connectivity index (χ1v) is 8.25. The molecule has 1 saturated heterocycles. The zero-order valence-corrected chi connectivity index (χ0v) is 12.3. The summed E-state index contributed by atoms with van der Waals surface area (Å²) in [7, 11) is 0. The van der Waals surface area contributed by atoms with Crippen molar-refractivity contribution < 1.29 is 4.79 Å². The average Bonchev–Trinajstić information content (AvgIpc) is 3.27. The van der Waals surface area contributed by atoms with Crippen molar-refractivity contribution in [3.05, 3.63) is 0 Å². The highest BCUT2D eigenvalue weighted by atomic mass is 16.1. The van der Waals surface area contributed by atoms with Crippen LogP contribution in [0.15, 0.2) is 0 Å². The number of Topliss-reactive ketones (excluding diaryl/α,β-unsaturated/α-hetero) is 1. The second-order valence-corrected chi connectivity index (χ2v) is 6.78. The third kappa shape index (κ3) is 3.38. The Kier molecular flexibility index (Phi) is 4.23. The molecule has 0 N–H and O–H groups in total. The summed E-state index contributed by atoms with van der Waals surface area (Å²) in [6.07, 6.45) is 7.21. The molecule has 0 aromatic carbocycles. The molecule has 2 unspecified atom stereocenters. The first-order valence-electron chi connectivity index (χ1n) is 8.25. The third-order valence-electron chi connectivity index (χ3n) is 5.40. The van der Waals surface area contributed by atoms with Crippen LogP contribution < -0.4 is 0 Å². The Bertz CT molecular complexity index is 319. The predicted molar refractivity (Wildman–Crippen MR) is 77.2 cm³/mol.